The van der Waals surface area contributed by atoms with Gasteiger partial charge in [0.05, 0.1) is 0 Å². The third-order valence-corrected chi connectivity index (χ3v) is 5.42. The van der Waals surface area contributed by atoms with Crippen LogP contribution in [0, 0.1) is 32.1 Å². The fraction of sp³-hybridized carbons (Fsp3) is 0.308. The van der Waals surface area contributed by atoms with Crippen LogP contribution < -0.4 is 15.6 Å². The van der Waals surface area contributed by atoms with Gasteiger partial charge in [-0.15, -0.1) is 0 Å². The monoisotopic (exact) mass is 460 g/mol. The number of nitrogens with zero attached hydrogens (tertiary/aromatic N) is 3. The number of benzene rings is 1. The van der Waals surface area contributed by atoms with Crippen molar-refractivity contribution in [2.45, 2.75) is 34.1 Å². The van der Waals surface area contributed by atoms with Gasteiger partial charge in [-0.1, -0.05) is 18.2 Å². The first-order valence-corrected chi connectivity index (χ1v) is 11.1. The lowest BCUT2D eigenvalue weighted by atomic mass is 10.1. The number of hydrogen-bond acceptors (Lipinski definition) is 6. The zero-order valence-corrected chi connectivity index (χ0v) is 19.8. The van der Waals surface area contributed by atoms with Crippen molar-refractivity contribution in [2.75, 3.05) is 19.8 Å². The SMILES string of the molecule is CCOCCCNC(=O)/C(C#N)=C/c1c(Oc2cccc(C)c2C)nc2c(C)cccn2c1=O. The summed E-state index contributed by atoms with van der Waals surface area (Å²) in [5, 5.41) is 12.3. The second kappa shape index (κ2) is 11.3. The Morgan fingerprint density at radius 3 is 2.71 bits per heavy atom. The summed E-state index contributed by atoms with van der Waals surface area (Å²) in [6.45, 7) is 9.05. The molecular formula is C26H28N4O4. The van der Waals surface area contributed by atoms with E-state index in [1.165, 1.54) is 10.5 Å². The predicted molar refractivity (Wildman–Crippen MR) is 130 cm³/mol. The zero-order valence-electron chi connectivity index (χ0n) is 19.8. The number of amides is 1. The van der Waals surface area contributed by atoms with Gasteiger partial charge in [-0.3, -0.25) is 14.0 Å². The molecule has 1 aromatic carbocycles. The van der Waals surface area contributed by atoms with Gasteiger partial charge in [-0.25, -0.2) is 0 Å². The molecule has 0 unspecified atom stereocenters. The van der Waals surface area contributed by atoms with Crippen molar-refractivity contribution in [3.05, 3.63) is 74.7 Å². The molecule has 3 rings (SSSR count). The van der Waals surface area contributed by atoms with E-state index in [-0.39, 0.29) is 17.0 Å². The molecule has 0 saturated carbocycles. The zero-order chi connectivity index (χ0) is 24.7. The Hall–Kier alpha value is -3.96. The van der Waals surface area contributed by atoms with Crippen LogP contribution >= 0.6 is 0 Å². The predicted octanol–water partition coefficient (Wildman–Crippen LogP) is 3.86. The summed E-state index contributed by atoms with van der Waals surface area (Å²) < 4.78 is 12.7. The van der Waals surface area contributed by atoms with Crippen molar-refractivity contribution in [3.63, 3.8) is 0 Å². The van der Waals surface area contributed by atoms with E-state index in [1.54, 1.807) is 18.3 Å². The molecular weight excluding hydrogens is 432 g/mol. The number of nitrogens with one attached hydrogen (secondary N) is 1. The fourth-order valence-electron chi connectivity index (χ4n) is 3.34. The molecule has 3 aromatic rings. The third kappa shape index (κ3) is 5.50. The van der Waals surface area contributed by atoms with Crippen LogP contribution in [0.1, 0.15) is 35.6 Å². The molecule has 2 aromatic heterocycles. The summed E-state index contributed by atoms with van der Waals surface area (Å²) in [6.07, 6.45) is 3.44. The number of fused-ring (bicyclic) bond motifs is 1. The molecule has 0 bridgehead atoms. The van der Waals surface area contributed by atoms with Crippen molar-refractivity contribution in [1.29, 1.82) is 5.26 Å². The molecule has 0 atom stereocenters. The van der Waals surface area contributed by atoms with Gasteiger partial charge in [-0.2, -0.15) is 10.2 Å². The first kappa shape index (κ1) is 24.7. The molecule has 1 N–H and O–H groups in total. The maximum Gasteiger partial charge on any atom is 0.269 e. The van der Waals surface area contributed by atoms with Gasteiger partial charge < -0.3 is 14.8 Å². The first-order chi connectivity index (χ1) is 16.4. The highest BCUT2D eigenvalue weighted by atomic mass is 16.5. The van der Waals surface area contributed by atoms with E-state index in [1.807, 2.05) is 52.0 Å². The number of aromatic nitrogens is 2. The van der Waals surface area contributed by atoms with Crippen molar-refractivity contribution in [2.24, 2.45) is 0 Å². The number of rotatable bonds is 9. The van der Waals surface area contributed by atoms with Crippen LogP contribution in [0.3, 0.4) is 0 Å². The smallest absolute Gasteiger partial charge is 0.269 e. The number of hydrogen-bond donors (Lipinski definition) is 1. The fourth-order valence-corrected chi connectivity index (χ4v) is 3.34. The van der Waals surface area contributed by atoms with Crippen LogP contribution in [0.4, 0.5) is 0 Å². The lowest BCUT2D eigenvalue weighted by Crippen LogP contribution is -2.27. The molecule has 1 amide bonds. The summed E-state index contributed by atoms with van der Waals surface area (Å²) >= 11 is 0. The molecule has 0 fully saturated rings. The summed E-state index contributed by atoms with van der Waals surface area (Å²) in [5.41, 5.74) is 2.51. The number of nitriles is 1. The maximum atomic E-state index is 13.4. The van der Waals surface area contributed by atoms with E-state index in [9.17, 15) is 14.9 Å². The standard InChI is InChI=1S/C26H28N4O4/c1-5-33-14-8-12-28-24(31)20(16-27)15-21-25(34-22-11-6-9-17(2)19(22)4)29-23-18(3)10-7-13-30(23)26(21)32/h6-7,9-11,13,15H,5,8,12,14H2,1-4H3,(H,28,31)/b20-15+. The molecule has 0 aliphatic carbocycles. The molecule has 2 heterocycles. The Labute approximate surface area is 198 Å². The molecule has 8 heteroatoms. The quantitative estimate of drug-likeness (QED) is 0.295. The van der Waals surface area contributed by atoms with E-state index in [0.29, 0.717) is 37.6 Å². The third-order valence-electron chi connectivity index (χ3n) is 5.42. The van der Waals surface area contributed by atoms with E-state index >= 15 is 0 Å². The highest BCUT2D eigenvalue weighted by molar-refractivity contribution is 6.01. The Balaban J connectivity index is 2.07. The van der Waals surface area contributed by atoms with E-state index in [4.69, 9.17) is 9.47 Å². The normalized spacial score (nSPS) is 11.3. The largest absolute Gasteiger partial charge is 0.438 e. The molecule has 0 spiro atoms. The van der Waals surface area contributed by atoms with Gasteiger partial charge in [0, 0.05) is 26.0 Å². The van der Waals surface area contributed by atoms with Crippen molar-refractivity contribution in [3.8, 4) is 17.7 Å². The Morgan fingerprint density at radius 1 is 1.21 bits per heavy atom. The van der Waals surface area contributed by atoms with Gasteiger partial charge in [0.2, 0.25) is 5.88 Å². The molecule has 0 radical (unpaired) electrons. The molecule has 8 nitrogen and oxygen atoms in total. The number of ether oxygens (including phenoxy) is 2. The number of aryl methyl sites for hydroxylation is 2. The lowest BCUT2D eigenvalue weighted by molar-refractivity contribution is -0.117. The topological polar surface area (TPSA) is 106 Å². The first-order valence-electron chi connectivity index (χ1n) is 11.1. The van der Waals surface area contributed by atoms with E-state index in [2.05, 4.69) is 10.3 Å². The van der Waals surface area contributed by atoms with Crippen LogP contribution in [0.5, 0.6) is 11.6 Å². The average Bonchev–Trinajstić information content (AvgIpc) is 2.82. The lowest BCUT2D eigenvalue weighted by Gasteiger charge is -2.14. The van der Waals surface area contributed by atoms with Crippen LogP contribution in [0.25, 0.3) is 11.7 Å². The summed E-state index contributed by atoms with van der Waals surface area (Å²) in [5.74, 6) is -0.00585. The minimum atomic E-state index is -0.578. The Kier molecular flexibility index (Phi) is 8.17. The van der Waals surface area contributed by atoms with E-state index < -0.39 is 11.5 Å². The molecule has 176 valence electrons. The molecule has 0 aliphatic rings. The molecule has 0 saturated heterocycles. The van der Waals surface area contributed by atoms with Crippen LogP contribution in [-0.4, -0.2) is 35.1 Å². The van der Waals surface area contributed by atoms with Gasteiger partial charge >= 0.3 is 0 Å². The van der Waals surface area contributed by atoms with E-state index in [0.717, 1.165) is 16.7 Å². The van der Waals surface area contributed by atoms with Crippen LogP contribution in [0.15, 0.2) is 46.9 Å². The Morgan fingerprint density at radius 2 is 1.97 bits per heavy atom. The second-order valence-corrected chi connectivity index (χ2v) is 7.80. The second-order valence-electron chi connectivity index (χ2n) is 7.80. The van der Waals surface area contributed by atoms with Gasteiger partial charge in [0.25, 0.3) is 11.5 Å². The number of carbonyl (C=O) groups excluding carboxylic acids is 1. The summed E-state index contributed by atoms with van der Waals surface area (Å²) in [4.78, 5) is 30.6. The summed E-state index contributed by atoms with van der Waals surface area (Å²) in [7, 11) is 0. The number of pyridine rings is 1. The van der Waals surface area contributed by atoms with Crippen LogP contribution in [0.2, 0.25) is 0 Å². The maximum absolute atomic E-state index is 13.4. The highest BCUT2D eigenvalue weighted by Gasteiger charge is 2.18. The highest BCUT2D eigenvalue weighted by Crippen LogP contribution is 2.28. The van der Waals surface area contributed by atoms with Crippen molar-refractivity contribution >= 4 is 17.6 Å². The van der Waals surface area contributed by atoms with Crippen LogP contribution in [-0.2, 0) is 9.53 Å². The van der Waals surface area contributed by atoms with Crippen molar-refractivity contribution < 1.29 is 14.3 Å². The minimum Gasteiger partial charge on any atom is -0.438 e. The minimum absolute atomic E-state index is 0.0185. The summed E-state index contributed by atoms with van der Waals surface area (Å²) in [6, 6.07) is 11.1. The van der Waals surface area contributed by atoms with Crippen molar-refractivity contribution in [1.82, 2.24) is 14.7 Å². The molecule has 0 aliphatic heterocycles. The van der Waals surface area contributed by atoms with Gasteiger partial charge in [-0.05, 0) is 69.0 Å². The Bertz CT molecular complexity index is 1340. The number of carbonyl (C=O) groups is 1. The molecule has 34 heavy (non-hydrogen) atoms. The van der Waals surface area contributed by atoms with Gasteiger partial charge in [0.15, 0.2) is 0 Å². The average molecular weight is 461 g/mol. The van der Waals surface area contributed by atoms with Gasteiger partial charge in [0.1, 0.15) is 28.6 Å².